The van der Waals surface area contributed by atoms with E-state index in [1.165, 1.54) is 11.3 Å². The van der Waals surface area contributed by atoms with E-state index >= 15 is 0 Å². The van der Waals surface area contributed by atoms with Gasteiger partial charge < -0.3 is 35.6 Å². The Bertz CT molecular complexity index is 1980. The lowest BCUT2D eigenvalue weighted by atomic mass is 9.89. The van der Waals surface area contributed by atoms with Crippen LogP contribution in [0.5, 0.6) is 0 Å². The Morgan fingerprint density at radius 3 is 2.19 bits per heavy atom. The average Bonchev–Trinajstić information content (AvgIpc) is 3.80. The first-order valence-electron chi connectivity index (χ1n) is 22.0. The average molecular weight is 887 g/mol. The van der Waals surface area contributed by atoms with Gasteiger partial charge in [-0.15, -0.1) is 11.3 Å². The maximum absolute atomic E-state index is 14.6. The van der Waals surface area contributed by atoms with Crippen molar-refractivity contribution in [3.8, 4) is 0 Å². The third kappa shape index (κ3) is 13.5. The van der Waals surface area contributed by atoms with E-state index in [1.54, 1.807) is 68.7 Å². The molecule has 2 aromatic heterocycles. The number of likely N-dealkylation sites (N-methyl/N-ethyl adjacent to an activating group) is 2. The number of aromatic nitrogens is 2. The summed E-state index contributed by atoms with van der Waals surface area (Å²) < 4.78 is 12.1. The van der Waals surface area contributed by atoms with Gasteiger partial charge in [0.05, 0.1) is 48.7 Å². The van der Waals surface area contributed by atoms with Crippen LogP contribution in [0, 0.1) is 23.7 Å². The van der Waals surface area contributed by atoms with Crippen LogP contribution in [-0.2, 0) is 41.6 Å². The fraction of sp³-hybridized carbons (Fsp3) is 0.542. The van der Waals surface area contributed by atoms with E-state index in [0.717, 1.165) is 16.1 Å². The standard InChI is InChI=1S/C48H70N8O6S/c1-12-32(6)43(55(9)48(60)41(30(2)3)53-46(59)42(31(4)5)54(8)29-35-21-22-50-39(49)27-35)38(61-10)28-40(57)56-24-17-16-20-37(56)44(62-11)33(7)45(58)52-36(47-51-23-25-63-47)26-34-18-14-13-15-19-34/h13-25,27,30-33,36-38,41-44H,12,26,28-29H2,1-11H3,(H2,49,50)(H,52,58)(H,53,59)/t32-,33+,36-,37-,38+,41-,42-,43-,44+/m0/s1. The summed E-state index contributed by atoms with van der Waals surface area (Å²) in [5.41, 5.74) is 7.92. The van der Waals surface area contributed by atoms with E-state index in [9.17, 15) is 19.2 Å². The molecule has 14 nitrogen and oxygen atoms in total. The third-order valence-electron chi connectivity index (χ3n) is 12.1. The Morgan fingerprint density at radius 1 is 0.889 bits per heavy atom. The number of pyridine rings is 1. The van der Waals surface area contributed by atoms with Crippen LogP contribution in [0.4, 0.5) is 5.82 Å². The number of rotatable bonds is 23. The van der Waals surface area contributed by atoms with E-state index in [1.807, 2.05) is 107 Å². The van der Waals surface area contributed by atoms with Gasteiger partial charge in [0, 0.05) is 51.8 Å². The molecule has 1 aliphatic heterocycles. The lowest BCUT2D eigenvalue weighted by Gasteiger charge is -2.41. The van der Waals surface area contributed by atoms with Crippen molar-refractivity contribution < 1.29 is 28.7 Å². The molecule has 344 valence electrons. The van der Waals surface area contributed by atoms with Crippen LogP contribution in [0.2, 0.25) is 0 Å². The number of nitrogens with zero attached hydrogens (tertiary/aromatic N) is 5. The van der Waals surface area contributed by atoms with Crippen molar-refractivity contribution in [2.45, 2.75) is 117 Å². The second-order valence-electron chi connectivity index (χ2n) is 17.4. The number of nitrogens with two attached hydrogens (primary N) is 1. The molecule has 0 aliphatic carbocycles. The molecule has 3 aromatic rings. The summed E-state index contributed by atoms with van der Waals surface area (Å²) in [6.07, 6.45) is 10.4. The molecule has 0 bridgehead atoms. The molecule has 4 amide bonds. The van der Waals surface area contributed by atoms with Gasteiger partial charge in [-0.2, -0.15) is 0 Å². The fourth-order valence-corrected chi connectivity index (χ4v) is 9.24. The molecule has 63 heavy (non-hydrogen) atoms. The van der Waals surface area contributed by atoms with E-state index in [0.29, 0.717) is 25.2 Å². The van der Waals surface area contributed by atoms with Gasteiger partial charge in [-0.1, -0.05) is 97.4 Å². The number of thiazole rings is 1. The molecule has 9 atom stereocenters. The van der Waals surface area contributed by atoms with Gasteiger partial charge in [0.15, 0.2) is 0 Å². The topological polar surface area (TPSA) is 172 Å². The molecule has 1 aromatic carbocycles. The zero-order valence-corrected chi connectivity index (χ0v) is 39.7. The molecule has 0 saturated heterocycles. The molecular formula is C48H70N8O6S. The first-order valence-corrected chi connectivity index (χ1v) is 22.8. The van der Waals surface area contributed by atoms with Gasteiger partial charge in [0.25, 0.3) is 0 Å². The fourth-order valence-electron chi connectivity index (χ4n) is 8.55. The molecule has 3 heterocycles. The number of allylic oxidation sites excluding steroid dienone is 2. The highest BCUT2D eigenvalue weighted by atomic mass is 32.1. The summed E-state index contributed by atoms with van der Waals surface area (Å²) in [5, 5.41) is 9.01. The van der Waals surface area contributed by atoms with Crippen molar-refractivity contribution in [1.29, 1.82) is 0 Å². The maximum atomic E-state index is 14.6. The van der Waals surface area contributed by atoms with Crippen molar-refractivity contribution in [3.63, 3.8) is 0 Å². The first kappa shape index (κ1) is 50.7. The second kappa shape index (κ2) is 24.2. The van der Waals surface area contributed by atoms with Gasteiger partial charge in [-0.3, -0.25) is 24.1 Å². The number of carbonyl (C=O) groups excluding carboxylic acids is 4. The van der Waals surface area contributed by atoms with Crippen molar-refractivity contribution in [3.05, 3.63) is 101 Å². The van der Waals surface area contributed by atoms with Gasteiger partial charge in [-0.05, 0) is 60.6 Å². The van der Waals surface area contributed by atoms with Crippen LogP contribution >= 0.6 is 11.3 Å². The number of carbonyl (C=O) groups is 4. The summed E-state index contributed by atoms with van der Waals surface area (Å²) in [6, 6.07) is 10.7. The summed E-state index contributed by atoms with van der Waals surface area (Å²) in [5.74, 6) is -1.65. The number of nitrogens with one attached hydrogen (secondary N) is 2. The summed E-state index contributed by atoms with van der Waals surface area (Å²) >= 11 is 1.48. The van der Waals surface area contributed by atoms with Gasteiger partial charge in [-0.25, -0.2) is 9.97 Å². The van der Waals surface area contributed by atoms with Crippen LogP contribution in [0.3, 0.4) is 0 Å². The van der Waals surface area contributed by atoms with E-state index in [-0.39, 0.29) is 53.8 Å². The van der Waals surface area contributed by atoms with Crippen LogP contribution in [0.25, 0.3) is 0 Å². The molecule has 0 fully saturated rings. The highest BCUT2D eigenvalue weighted by molar-refractivity contribution is 7.09. The smallest absolute Gasteiger partial charge is 0.245 e. The zero-order valence-electron chi connectivity index (χ0n) is 38.9. The van der Waals surface area contributed by atoms with E-state index in [4.69, 9.17) is 15.2 Å². The Labute approximate surface area is 378 Å². The zero-order chi connectivity index (χ0) is 46.4. The molecule has 0 unspecified atom stereocenters. The predicted molar refractivity (Wildman–Crippen MR) is 249 cm³/mol. The Balaban J connectivity index is 1.51. The number of methoxy groups -OCH3 is 2. The van der Waals surface area contributed by atoms with Crippen LogP contribution < -0.4 is 16.4 Å². The van der Waals surface area contributed by atoms with Crippen LogP contribution in [0.15, 0.2) is 84.7 Å². The highest BCUT2D eigenvalue weighted by Gasteiger charge is 2.42. The Kier molecular flexibility index (Phi) is 19.5. The Hall–Kier alpha value is -4.96. The lowest BCUT2D eigenvalue weighted by Crippen LogP contribution is -2.60. The lowest BCUT2D eigenvalue weighted by molar-refractivity contribution is -0.147. The number of nitrogen functional groups attached to an aromatic ring is 1. The number of hydrogen-bond donors (Lipinski definition) is 3. The van der Waals surface area contributed by atoms with Crippen molar-refractivity contribution in [2.24, 2.45) is 23.7 Å². The second-order valence-corrected chi connectivity index (χ2v) is 18.3. The molecule has 0 saturated carbocycles. The predicted octanol–water partition coefficient (Wildman–Crippen LogP) is 6.03. The third-order valence-corrected chi connectivity index (χ3v) is 13.0. The normalized spacial score (nSPS) is 17.7. The number of anilines is 1. The molecule has 15 heteroatoms. The minimum Gasteiger partial charge on any atom is -0.384 e. The maximum Gasteiger partial charge on any atom is 0.245 e. The van der Waals surface area contributed by atoms with E-state index in [2.05, 4.69) is 20.6 Å². The monoisotopic (exact) mass is 887 g/mol. The van der Waals surface area contributed by atoms with Crippen molar-refractivity contribution in [1.82, 2.24) is 35.3 Å². The highest BCUT2D eigenvalue weighted by Crippen LogP contribution is 2.28. The van der Waals surface area contributed by atoms with Gasteiger partial charge in [0.2, 0.25) is 23.6 Å². The first-order chi connectivity index (χ1) is 30.0. The quantitative estimate of drug-likeness (QED) is 0.102. The number of benzene rings is 1. The summed E-state index contributed by atoms with van der Waals surface area (Å²) in [7, 11) is 6.70. The van der Waals surface area contributed by atoms with Gasteiger partial charge >= 0.3 is 0 Å². The molecule has 0 spiro atoms. The molecule has 1 aliphatic rings. The SMILES string of the molecule is CC[C@H](C)[C@@H]([C@@H](CC(=O)N1C=CC=C[C@H]1[C@H](OC)[C@@H](C)C(=O)N[C@@H](Cc1ccccc1)c1nccs1)OC)N(C)C(=O)[C@@H](NC(=O)[C@H](C(C)C)N(C)Cc1ccnc(N)c1)C(C)C. The summed E-state index contributed by atoms with van der Waals surface area (Å²) in [4.78, 5) is 71.0. The molecule has 4 N–H and O–H groups in total. The van der Waals surface area contributed by atoms with E-state index < -0.39 is 42.3 Å². The molecule has 4 rings (SSSR count). The van der Waals surface area contributed by atoms with Crippen LogP contribution in [-0.4, -0.2) is 113 Å². The summed E-state index contributed by atoms with van der Waals surface area (Å²) in [6.45, 7) is 14.1. The largest absolute Gasteiger partial charge is 0.384 e. The molecular weight excluding hydrogens is 817 g/mol. The number of amides is 4. The van der Waals surface area contributed by atoms with Gasteiger partial charge in [0.1, 0.15) is 16.9 Å². The number of hydrogen-bond acceptors (Lipinski definition) is 11. The minimum absolute atomic E-state index is 0.0591. The van der Waals surface area contributed by atoms with Crippen molar-refractivity contribution >= 4 is 40.8 Å². The van der Waals surface area contributed by atoms with Crippen LogP contribution in [0.1, 0.15) is 83.5 Å². The molecule has 0 radical (unpaired) electrons. The van der Waals surface area contributed by atoms with Crippen molar-refractivity contribution in [2.75, 3.05) is 34.0 Å². The number of ether oxygens (including phenoxy) is 2. The minimum atomic E-state index is -0.842. The Morgan fingerprint density at radius 2 is 1.60 bits per heavy atom.